The fraction of sp³-hybridized carbons (Fsp3) is 0.628. The van der Waals surface area contributed by atoms with Gasteiger partial charge in [0, 0.05) is 6.42 Å². The Morgan fingerprint density at radius 1 is 0.521 bits per heavy atom. The first kappa shape index (κ1) is 42.9. The van der Waals surface area contributed by atoms with Crippen LogP contribution >= 0.6 is 0 Å². The smallest absolute Gasteiger partial charge is 0.335 e. The number of hydrogen-bond donors (Lipinski definition) is 2. The summed E-state index contributed by atoms with van der Waals surface area (Å²) in [7, 11) is 0. The Morgan fingerprint density at radius 2 is 0.917 bits per heavy atom. The van der Waals surface area contributed by atoms with Crippen molar-refractivity contribution in [2.75, 3.05) is 6.61 Å². The van der Waals surface area contributed by atoms with Crippen LogP contribution in [0.4, 0.5) is 0 Å². The van der Waals surface area contributed by atoms with Gasteiger partial charge in [-0.05, 0) is 67.5 Å². The molecule has 0 aliphatic carbocycles. The Labute approximate surface area is 293 Å². The maximum Gasteiger partial charge on any atom is 0.335 e. The number of benzene rings is 2. The predicted octanol–water partition coefficient (Wildman–Crippen LogP) is 13.5. The van der Waals surface area contributed by atoms with E-state index in [0.717, 1.165) is 49.2 Å². The van der Waals surface area contributed by atoms with Gasteiger partial charge in [-0.15, -0.1) is 0 Å². The van der Waals surface area contributed by atoms with E-state index in [9.17, 15) is 9.59 Å². The van der Waals surface area contributed by atoms with Crippen molar-refractivity contribution in [1.82, 2.24) is 0 Å². The van der Waals surface area contributed by atoms with Crippen molar-refractivity contribution in [2.24, 2.45) is 0 Å². The molecule has 0 aliphatic rings. The predicted molar refractivity (Wildman–Crippen MR) is 203 cm³/mol. The highest BCUT2D eigenvalue weighted by Gasteiger charge is 2.04. The Balaban J connectivity index is 0.000000488. The molecule has 0 fully saturated rings. The summed E-state index contributed by atoms with van der Waals surface area (Å²) in [5.74, 6) is -0.700. The average Bonchev–Trinajstić information content (AvgIpc) is 3.09. The van der Waals surface area contributed by atoms with Crippen LogP contribution in [-0.2, 0) is 4.79 Å². The molecule has 0 amide bonds. The maximum absolute atomic E-state index is 10.9. The molecule has 0 bridgehead atoms. The molecule has 0 spiro atoms. The minimum atomic E-state index is -0.902. The molecule has 5 heteroatoms. The quantitative estimate of drug-likeness (QED) is 0.0668. The topological polar surface area (TPSA) is 83.8 Å². The van der Waals surface area contributed by atoms with Gasteiger partial charge in [-0.25, -0.2) is 4.79 Å². The summed E-state index contributed by atoms with van der Waals surface area (Å²) in [6.07, 6.45) is 34.6. The van der Waals surface area contributed by atoms with Gasteiger partial charge in [0.1, 0.15) is 5.75 Å². The molecule has 2 rings (SSSR count). The van der Waals surface area contributed by atoms with E-state index in [1.807, 2.05) is 36.4 Å². The molecule has 2 aromatic carbocycles. The van der Waals surface area contributed by atoms with Crippen molar-refractivity contribution in [3.05, 3.63) is 66.2 Å². The van der Waals surface area contributed by atoms with Crippen LogP contribution in [0.5, 0.6) is 5.75 Å². The Bertz CT molecular complexity index is 1060. The second kappa shape index (κ2) is 31.2. The summed E-state index contributed by atoms with van der Waals surface area (Å²) in [6.45, 7) is 5.29. The molecule has 2 aromatic rings. The Hall–Kier alpha value is -3.08. The van der Waals surface area contributed by atoms with Crippen LogP contribution in [0.1, 0.15) is 178 Å². The summed E-state index contributed by atoms with van der Waals surface area (Å²) < 4.78 is 5.81. The summed E-state index contributed by atoms with van der Waals surface area (Å²) in [4.78, 5) is 21.2. The number of hydrogen-bond acceptors (Lipinski definition) is 3. The Morgan fingerprint density at radius 3 is 1.35 bits per heavy atom. The number of unbranched alkanes of at least 4 members (excludes halogenated alkanes) is 20. The van der Waals surface area contributed by atoms with E-state index in [0.29, 0.717) is 12.0 Å². The monoisotopic (exact) mass is 665 g/mol. The lowest BCUT2D eigenvalue weighted by Gasteiger charge is -2.08. The van der Waals surface area contributed by atoms with Gasteiger partial charge >= 0.3 is 11.9 Å². The molecule has 0 radical (unpaired) electrons. The summed E-state index contributed by atoms with van der Waals surface area (Å²) in [6, 6.07) is 14.9. The van der Waals surface area contributed by atoms with Gasteiger partial charge in [0.05, 0.1) is 12.2 Å². The first-order valence-corrected chi connectivity index (χ1v) is 19.4. The van der Waals surface area contributed by atoms with E-state index in [2.05, 4.69) is 26.0 Å². The highest BCUT2D eigenvalue weighted by atomic mass is 16.5. The molecule has 0 heterocycles. The fourth-order valence-electron chi connectivity index (χ4n) is 5.68. The highest BCUT2D eigenvalue weighted by Crippen LogP contribution is 2.23. The third kappa shape index (κ3) is 25.0. The second-order valence-electron chi connectivity index (χ2n) is 13.2. The largest absolute Gasteiger partial charge is 0.494 e. The van der Waals surface area contributed by atoms with Crippen LogP contribution in [0.25, 0.3) is 11.1 Å². The SMILES string of the molecule is CCCCCCCCCCCCCCC=CCCCC(=O)O.CCCCCCCCCCOc1ccc(-c2ccc(C(=O)O)cc2)cc1. The van der Waals surface area contributed by atoms with Gasteiger partial charge in [0.25, 0.3) is 0 Å². The molecule has 270 valence electrons. The highest BCUT2D eigenvalue weighted by molar-refractivity contribution is 5.88. The lowest BCUT2D eigenvalue weighted by atomic mass is 10.0. The minimum absolute atomic E-state index is 0.295. The van der Waals surface area contributed by atoms with Crippen LogP contribution in [0.2, 0.25) is 0 Å². The number of carboxylic acids is 2. The van der Waals surface area contributed by atoms with Crippen molar-refractivity contribution in [3.8, 4) is 16.9 Å². The number of ether oxygens (including phenoxy) is 1. The fourth-order valence-corrected chi connectivity index (χ4v) is 5.68. The van der Waals surface area contributed by atoms with Gasteiger partial charge in [-0.3, -0.25) is 4.79 Å². The minimum Gasteiger partial charge on any atom is -0.494 e. The van der Waals surface area contributed by atoms with Gasteiger partial charge in [-0.1, -0.05) is 166 Å². The number of rotatable bonds is 29. The van der Waals surface area contributed by atoms with Gasteiger partial charge in [0.15, 0.2) is 0 Å². The zero-order valence-electron chi connectivity index (χ0n) is 30.6. The van der Waals surface area contributed by atoms with Crippen LogP contribution in [0.3, 0.4) is 0 Å². The van der Waals surface area contributed by atoms with E-state index in [1.165, 1.54) is 122 Å². The van der Waals surface area contributed by atoms with E-state index in [4.69, 9.17) is 14.9 Å². The van der Waals surface area contributed by atoms with Crippen molar-refractivity contribution in [2.45, 2.75) is 168 Å². The summed E-state index contributed by atoms with van der Waals surface area (Å²) in [5.41, 5.74) is 2.37. The van der Waals surface area contributed by atoms with Gasteiger partial charge in [-0.2, -0.15) is 0 Å². The average molecular weight is 665 g/mol. The molecule has 5 nitrogen and oxygen atoms in total. The number of aromatic carboxylic acids is 1. The molecule has 0 atom stereocenters. The lowest BCUT2D eigenvalue weighted by Crippen LogP contribution is -1.97. The molecule has 0 saturated carbocycles. The normalized spacial score (nSPS) is 11.0. The number of carbonyl (C=O) groups is 2. The Kier molecular flexibility index (Phi) is 27.9. The van der Waals surface area contributed by atoms with Crippen molar-refractivity contribution in [1.29, 1.82) is 0 Å². The van der Waals surface area contributed by atoms with E-state index in [-0.39, 0.29) is 0 Å². The molecular weight excluding hydrogens is 596 g/mol. The number of allylic oxidation sites excluding steroid dienone is 2. The third-order valence-corrected chi connectivity index (χ3v) is 8.74. The molecule has 0 aliphatic heterocycles. The van der Waals surface area contributed by atoms with Gasteiger partial charge < -0.3 is 14.9 Å². The first-order valence-electron chi connectivity index (χ1n) is 19.4. The first-order chi connectivity index (χ1) is 23.5. The molecule has 48 heavy (non-hydrogen) atoms. The molecule has 0 unspecified atom stereocenters. The van der Waals surface area contributed by atoms with Crippen molar-refractivity contribution >= 4 is 11.9 Å². The molecule has 2 N–H and O–H groups in total. The van der Waals surface area contributed by atoms with E-state index >= 15 is 0 Å². The zero-order chi connectivity index (χ0) is 34.9. The number of carboxylic acid groups (broad SMARTS) is 2. The van der Waals surface area contributed by atoms with Crippen LogP contribution in [-0.4, -0.2) is 28.8 Å². The molecule has 0 aromatic heterocycles. The zero-order valence-corrected chi connectivity index (χ0v) is 30.6. The van der Waals surface area contributed by atoms with Crippen molar-refractivity contribution in [3.63, 3.8) is 0 Å². The maximum atomic E-state index is 10.9. The number of aliphatic carboxylic acids is 1. The lowest BCUT2D eigenvalue weighted by molar-refractivity contribution is -0.137. The summed E-state index contributed by atoms with van der Waals surface area (Å²) in [5, 5.41) is 17.5. The second-order valence-corrected chi connectivity index (χ2v) is 13.2. The van der Waals surface area contributed by atoms with Crippen LogP contribution < -0.4 is 4.74 Å². The third-order valence-electron chi connectivity index (χ3n) is 8.74. The van der Waals surface area contributed by atoms with E-state index in [1.54, 1.807) is 12.1 Å². The van der Waals surface area contributed by atoms with Gasteiger partial charge in [0.2, 0.25) is 0 Å². The van der Waals surface area contributed by atoms with Crippen LogP contribution in [0.15, 0.2) is 60.7 Å². The standard InChI is InChI=1S/C23H30O3.C20H38O2/c1-2-3-4-5-6-7-8-9-18-26-22-16-14-20(15-17-22)19-10-12-21(13-11-19)23(24)25;1-2-3-4-5-6-7-8-9-10-11-12-13-14-15-16-17-18-19-20(21)22/h10-17H,2-9,18H2,1H3,(H,24,25);15-16H,2-14,17-19H2,1H3,(H,21,22). The van der Waals surface area contributed by atoms with Crippen molar-refractivity contribution < 1.29 is 24.5 Å². The molecular formula is C43H68O5. The summed E-state index contributed by atoms with van der Waals surface area (Å²) >= 11 is 0. The van der Waals surface area contributed by atoms with Crippen LogP contribution in [0, 0.1) is 0 Å². The molecule has 0 saturated heterocycles. The van der Waals surface area contributed by atoms with E-state index < -0.39 is 11.9 Å².